The van der Waals surface area contributed by atoms with Crippen LogP contribution in [0.25, 0.3) is 0 Å². The zero-order valence-electron chi connectivity index (χ0n) is 11.0. The van der Waals surface area contributed by atoms with E-state index in [1.807, 2.05) is 12.1 Å². The van der Waals surface area contributed by atoms with Crippen LogP contribution in [0.1, 0.15) is 23.5 Å². The third kappa shape index (κ3) is 1.98. The molecule has 0 fully saturated rings. The quantitative estimate of drug-likeness (QED) is 0.644. The lowest BCUT2D eigenvalue weighted by Crippen LogP contribution is -2.20. The van der Waals surface area contributed by atoms with Gasteiger partial charge in [-0.1, -0.05) is 12.1 Å². The van der Waals surface area contributed by atoms with Gasteiger partial charge in [-0.05, 0) is 23.8 Å². The first-order valence-electron chi connectivity index (χ1n) is 6.64. The largest absolute Gasteiger partial charge is 0.508 e. The molecule has 2 aromatic carbocycles. The van der Waals surface area contributed by atoms with E-state index in [1.54, 1.807) is 24.3 Å². The van der Waals surface area contributed by atoms with E-state index in [0.717, 1.165) is 11.1 Å². The third-order valence-electron chi connectivity index (χ3n) is 3.75. The van der Waals surface area contributed by atoms with Crippen LogP contribution in [0.15, 0.2) is 36.4 Å². The summed E-state index contributed by atoms with van der Waals surface area (Å²) in [6, 6.07) is 10.4. The molecule has 2 heterocycles. The normalized spacial score (nSPS) is 19.0. The third-order valence-corrected chi connectivity index (χ3v) is 3.75. The number of phenols is 1. The highest BCUT2D eigenvalue weighted by atomic mass is 16.7. The maximum Gasteiger partial charge on any atom is 0.312 e. The number of esters is 1. The number of aromatic hydroxyl groups is 1. The van der Waals surface area contributed by atoms with Crippen molar-refractivity contribution in [2.75, 3.05) is 6.79 Å². The maximum absolute atomic E-state index is 11.8. The molecular weight excluding hydrogens is 272 g/mol. The lowest BCUT2D eigenvalue weighted by molar-refractivity contribution is -0.135. The van der Waals surface area contributed by atoms with E-state index < -0.39 is 0 Å². The van der Waals surface area contributed by atoms with E-state index in [9.17, 15) is 9.90 Å². The van der Waals surface area contributed by atoms with Gasteiger partial charge in [0.25, 0.3) is 0 Å². The van der Waals surface area contributed by atoms with E-state index in [-0.39, 0.29) is 30.9 Å². The number of benzene rings is 2. The standard InChI is InChI=1S/C16H12O5/c17-10-3-1-2-9(4-10)11-6-16(18)21-13-7-15-14(5-12(11)13)19-8-20-15/h1-5,7,11,17H,6,8H2/t11-/m0/s1. The van der Waals surface area contributed by atoms with Crippen molar-refractivity contribution in [1.29, 1.82) is 0 Å². The summed E-state index contributed by atoms with van der Waals surface area (Å²) in [6.07, 6.45) is 0.232. The topological polar surface area (TPSA) is 65.0 Å². The van der Waals surface area contributed by atoms with Crippen molar-refractivity contribution in [3.8, 4) is 23.0 Å². The molecule has 0 aromatic heterocycles. The van der Waals surface area contributed by atoms with Gasteiger partial charge in [-0.25, -0.2) is 0 Å². The van der Waals surface area contributed by atoms with Crippen LogP contribution in [0.5, 0.6) is 23.0 Å². The SMILES string of the molecule is O=C1C[C@@H](c2cccc(O)c2)c2cc3c(cc2O1)OCO3. The van der Waals surface area contributed by atoms with Gasteiger partial charge in [0.1, 0.15) is 11.5 Å². The Labute approximate surface area is 120 Å². The molecule has 0 bridgehead atoms. The van der Waals surface area contributed by atoms with Crippen LogP contribution in [0, 0.1) is 0 Å². The molecule has 1 atom stereocenters. The molecule has 0 saturated carbocycles. The molecular formula is C16H12O5. The molecule has 0 aliphatic carbocycles. The fraction of sp³-hybridized carbons (Fsp3) is 0.188. The first kappa shape index (κ1) is 12.1. The van der Waals surface area contributed by atoms with Gasteiger partial charge in [-0.2, -0.15) is 0 Å². The second-order valence-corrected chi connectivity index (χ2v) is 5.07. The van der Waals surface area contributed by atoms with Crippen LogP contribution < -0.4 is 14.2 Å². The van der Waals surface area contributed by atoms with Crippen molar-refractivity contribution in [2.24, 2.45) is 0 Å². The first-order valence-corrected chi connectivity index (χ1v) is 6.64. The Morgan fingerprint density at radius 2 is 1.86 bits per heavy atom. The Kier molecular flexibility index (Phi) is 2.54. The van der Waals surface area contributed by atoms with Gasteiger partial charge < -0.3 is 19.3 Å². The monoisotopic (exact) mass is 284 g/mol. The van der Waals surface area contributed by atoms with Crippen molar-refractivity contribution in [1.82, 2.24) is 0 Å². The average molecular weight is 284 g/mol. The van der Waals surface area contributed by atoms with E-state index in [1.165, 1.54) is 0 Å². The van der Waals surface area contributed by atoms with Crippen LogP contribution in [0.2, 0.25) is 0 Å². The number of carbonyl (C=O) groups is 1. The number of phenolic OH excluding ortho intramolecular Hbond substituents is 1. The number of fused-ring (bicyclic) bond motifs is 2. The fourth-order valence-electron chi connectivity index (χ4n) is 2.78. The molecule has 0 radical (unpaired) electrons. The number of rotatable bonds is 1. The Bertz CT molecular complexity index is 737. The summed E-state index contributed by atoms with van der Waals surface area (Å²) in [5.41, 5.74) is 1.73. The van der Waals surface area contributed by atoms with Crippen molar-refractivity contribution >= 4 is 5.97 Å². The Balaban J connectivity index is 1.85. The number of hydrogen-bond acceptors (Lipinski definition) is 5. The van der Waals surface area contributed by atoms with E-state index in [4.69, 9.17) is 14.2 Å². The summed E-state index contributed by atoms with van der Waals surface area (Å²) in [4.78, 5) is 11.8. The fourth-order valence-corrected chi connectivity index (χ4v) is 2.78. The van der Waals surface area contributed by atoms with Gasteiger partial charge in [0.15, 0.2) is 11.5 Å². The maximum atomic E-state index is 11.8. The predicted molar refractivity (Wildman–Crippen MR) is 72.8 cm³/mol. The Morgan fingerprint density at radius 3 is 2.67 bits per heavy atom. The van der Waals surface area contributed by atoms with E-state index in [2.05, 4.69) is 0 Å². The number of hydrogen-bond donors (Lipinski definition) is 1. The number of carbonyl (C=O) groups excluding carboxylic acids is 1. The molecule has 2 aliphatic rings. The molecule has 0 spiro atoms. The lowest BCUT2D eigenvalue weighted by Gasteiger charge is -2.25. The van der Waals surface area contributed by atoms with Gasteiger partial charge in [0.05, 0.1) is 6.42 Å². The lowest BCUT2D eigenvalue weighted by atomic mass is 9.86. The summed E-state index contributed by atoms with van der Waals surface area (Å²) >= 11 is 0. The predicted octanol–water partition coefficient (Wildman–Crippen LogP) is 2.56. The van der Waals surface area contributed by atoms with Crippen molar-refractivity contribution in [2.45, 2.75) is 12.3 Å². The Morgan fingerprint density at radius 1 is 1.05 bits per heavy atom. The van der Waals surface area contributed by atoms with Gasteiger partial charge >= 0.3 is 5.97 Å². The molecule has 5 nitrogen and oxygen atoms in total. The minimum absolute atomic E-state index is 0.164. The van der Waals surface area contributed by atoms with Crippen molar-refractivity contribution in [3.63, 3.8) is 0 Å². The van der Waals surface area contributed by atoms with Crippen LogP contribution in [-0.4, -0.2) is 17.9 Å². The second kappa shape index (κ2) is 4.41. The summed E-state index contributed by atoms with van der Waals surface area (Å²) in [7, 11) is 0. The van der Waals surface area contributed by atoms with Crippen LogP contribution in [0.3, 0.4) is 0 Å². The second-order valence-electron chi connectivity index (χ2n) is 5.07. The highest BCUT2D eigenvalue weighted by Crippen LogP contribution is 2.46. The molecule has 106 valence electrons. The summed E-state index contributed by atoms with van der Waals surface area (Å²) in [5.74, 6) is 1.44. The van der Waals surface area contributed by atoms with Crippen LogP contribution >= 0.6 is 0 Å². The highest BCUT2D eigenvalue weighted by Gasteiger charge is 2.31. The summed E-state index contributed by atoms with van der Waals surface area (Å²) in [5, 5.41) is 9.65. The Hall–Kier alpha value is -2.69. The van der Waals surface area contributed by atoms with Gasteiger partial charge in [-0.15, -0.1) is 0 Å². The molecule has 4 rings (SSSR count). The number of ether oxygens (including phenoxy) is 3. The van der Waals surface area contributed by atoms with E-state index in [0.29, 0.717) is 17.2 Å². The molecule has 0 unspecified atom stereocenters. The molecule has 0 saturated heterocycles. The van der Waals surface area contributed by atoms with Crippen molar-refractivity contribution in [3.05, 3.63) is 47.5 Å². The zero-order valence-corrected chi connectivity index (χ0v) is 11.0. The molecule has 0 amide bonds. The molecule has 5 heteroatoms. The smallest absolute Gasteiger partial charge is 0.312 e. The molecule has 21 heavy (non-hydrogen) atoms. The average Bonchev–Trinajstić information content (AvgIpc) is 2.91. The minimum Gasteiger partial charge on any atom is -0.508 e. The minimum atomic E-state index is -0.297. The van der Waals surface area contributed by atoms with Gasteiger partial charge in [0.2, 0.25) is 6.79 Å². The van der Waals surface area contributed by atoms with Crippen molar-refractivity contribution < 1.29 is 24.1 Å². The molecule has 2 aromatic rings. The summed E-state index contributed by atoms with van der Waals surface area (Å²) < 4.78 is 16.0. The molecule has 2 aliphatic heterocycles. The van der Waals surface area contributed by atoms with Crippen LogP contribution in [0.4, 0.5) is 0 Å². The van der Waals surface area contributed by atoms with Gasteiger partial charge in [0, 0.05) is 17.5 Å². The zero-order chi connectivity index (χ0) is 14.4. The van der Waals surface area contributed by atoms with E-state index >= 15 is 0 Å². The highest BCUT2D eigenvalue weighted by molar-refractivity contribution is 5.78. The van der Waals surface area contributed by atoms with Gasteiger partial charge in [-0.3, -0.25) is 4.79 Å². The first-order chi connectivity index (χ1) is 10.2. The summed E-state index contributed by atoms with van der Waals surface area (Å²) in [6.45, 7) is 0.170. The van der Waals surface area contributed by atoms with Crippen LogP contribution in [-0.2, 0) is 4.79 Å². The molecule has 1 N–H and O–H groups in total.